The Morgan fingerprint density at radius 2 is 2.05 bits per heavy atom. The summed E-state index contributed by atoms with van der Waals surface area (Å²) in [5.41, 5.74) is 6.76. The van der Waals surface area contributed by atoms with Crippen LogP contribution in [0.1, 0.15) is 32.1 Å². The van der Waals surface area contributed by atoms with Crippen LogP contribution in [0.15, 0.2) is 33.7 Å². The largest absolute Gasteiger partial charge is 0.337 e. The molecule has 19 heavy (non-hydrogen) atoms. The lowest BCUT2D eigenvalue weighted by molar-refractivity contribution is 0.181. The summed E-state index contributed by atoms with van der Waals surface area (Å²) in [7, 11) is 0. The normalized spacial score (nSPS) is 17.2. The molecular weight excluding hydrogens is 258 g/mol. The number of thioether (sulfide) groups is 1. The first kappa shape index (κ1) is 12.7. The third-order valence-electron chi connectivity index (χ3n) is 3.52. The van der Waals surface area contributed by atoms with Gasteiger partial charge in [0.2, 0.25) is 11.7 Å². The molecule has 1 heterocycles. The SMILES string of the molecule is CCSc1ccc(-c2noc(C3(N)CCC3)n2)cc1. The van der Waals surface area contributed by atoms with Gasteiger partial charge in [-0.1, -0.05) is 12.1 Å². The molecule has 0 saturated heterocycles. The molecule has 1 aliphatic rings. The molecule has 1 saturated carbocycles. The van der Waals surface area contributed by atoms with E-state index in [1.165, 1.54) is 4.90 Å². The predicted molar refractivity (Wildman–Crippen MR) is 75.8 cm³/mol. The van der Waals surface area contributed by atoms with Crippen molar-refractivity contribution in [2.45, 2.75) is 36.6 Å². The Morgan fingerprint density at radius 3 is 2.63 bits per heavy atom. The quantitative estimate of drug-likeness (QED) is 0.868. The van der Waals surface area contributed by atoms with E-state index in [2.05, 4.69) is 29.2 Å². The van der Waals surface area contributed by atoms with Crippen molar-refractivity contribution in [1.29, 1.82) is 0 Å². The molecule has 0 atom stereocenters. The second kappa shape index (κ2) is 4.98. The molecule has 100 valence electrons. The van der Waals surface area contributed by atoms with E-state index in [1.807, 2.05) is 23.9 Å². The molecule has 2 aromatic rings. The molecule has 4 nitrogen and oxygen atoms in total. The molecule has 0 bridgehead atoms. The van der Waals surface area contributed by atoms with Gasteiger partial charge in [0.1, 0.15) is 0 Å². The summed E-state index contributed by atoms with van der Waals surface area (Å²) < 4.78 is 5.31. The Kier molecular flexibility index (Phi) is 3.33. The van der Waals surface area contributed by atoms with Crippen LogP contribution in [0.4, 0.5) is 0 Å². The second-order valence-corrected chi connectivity index (χ2v) is 6.23. The summed E-state index contributed by atoms with van der Waals surface area (Å²) in [6.07, 6.45) is 3.00. The highest BCUT2D eigenvalue weighted by atomic mass is 32.2. The highest BCUT2D eigenvalue weighted by Crippen LogP contribution is 2.38. The van der Waals surface area contributed by atoms with Crippen molar-refractivity contribution in [2.24, 2.45) is 5.73 Å². The van der Waals surface area contributed by atoms with Crippen molar-refractivity contribution in [3.63, 3.8) is 0 Å². The molecule has 0 spiro atoms. The highest BCUT2D eigenvalue weighted by molar-refractivity contribution is 7.99. The molecule has 3 rings (SSSR count). The Morgan fingerprint density at radius 1 is 1.32 bits per heavy atom. The summed E-state index contributed by atoms with van der Waals surface area (Å²) in [4.78, 5) is 5.69. The van der Waals surface area contributed by atoms with E-state index in [9.17, 15) is 0 Å². The van der Waals surface area contributed by atoms with E-state index in [1.54, 1.807) is 0 Å². The molecule has 5 heteroatoms. The Bertz CT molecular complexity index is 560. The van der Waals surface area contributed by atoms with Crippen LogP contribution in [0.5, 0.6) is 0 Å². The van der Waals surface area contributed by atoms with E-state index >= 15 is 0 Å². The van der Waals surface area contributed by atoms with Gasteiger partial charge in [-0.2, -0.15) is 4.98 Å². The number of hydrogen-bond donors (Lipinski definition) is 1. The van der Waals surface area contributed by atoms with E-state index in [0.29, 0.717) is 11.7 Å². The third kappa shape index (κ3) is 2.40. The number of hydrogen-bond acceptors (Lipinski definition) is 5. The summed E-state index contributed by atoms with van der Waals surface area (Å²) in [5, 5.41) is 4.04. The van der Waals surface area contributed by atoms with Crippen LogP contribution in [-0.2, 0) is 5.54 Å². The van der Waals surface area contributed by atoms with Gasteiger partial charge in [0, 0.05) is 10.5 Å². The van der Waals surface area contributed by atoms with Crippen LogP contribution >= 0.6 is 11.8 Å². The molecule has 2 N–H and O–H groups in total. The number of nitrogens with zero attached hydrogens (tertiary/aromatic N) is 2. The summed E-state index contributed by atoms with van der Waals surface area (Å²) in [5.74, 6) is 2.27. The minimum Gasteiger partial charge on any atom is -0.337 e. The zero-order valence-corrected chi connectivity index (χ0v) is 11.7. The summed E-state index contributed by atoms with van der Waals surface area (Å²) in [6.45, 7) is 2.14. The highest BCUT2D eigenvalue weighted by Gasteiger charge is 2.39. The molecule has 0 unspecified atom stereocenters. The van der Waals surface area contributed by atoms with Crippen LogP contribution in [0, 0.1) is 0 Å². The van der Waals surface area contributed by atoms with Gasteiger partial charge < -0.3 is 10.3 Å². The van der Waals surface area contributed by atoms with Crippen LogP contribution in [0.25, 0.3) is 11.4 Å². The van der Waals surface area contributed by atoms with Gasteiger partial charge in [-0.25, -0.2) is 0 Å². The Hall–Kier alpha value is -1.33. The molecule has 0 amide bonds. The number of benzene rings is 1. The fourth-order valence-corrected chi connectivity index (χ4v) is 2.84. The zero-order valence-electron chi connectivity index (χ0n) is 10.9. The lowest BCUT2D eigenvalue weighted by Gasteiger charge is -2.33. The van der Waals surface area contributed by atoms with Crippen molar-refractivity contribution < 1.29 is 4.52 Å². The van der Waals surface area contributed by atoms with E-state index in [-0.39, 0.29) is 5.54 Å². The van der Waals surface area contributed by atoms with Crippen LogP contribution in [0.3, 0.4) is 0 Å². The van der Waals surface area contributed by atoms with E-state index in [4.69, 9.17) is 10.3 Å². The van der Waals surface area contributed by atoms with Gasteiger partial charge >= 0.3 is 0 Å². The number of aromatic nitrogens is 2. The standard InChI is InChI=1S/C14H17N3OS/c1-2-19-11-6-4-10(5-7-11)12-16-13(18-17-12)14(15)8-3-9-14/h4-7H,2-3,8-9,15H2,1H3. The Balaban J connectivity index is 1.82. The fourth-order valence-electron chi connectivity index (χ4n) is 2.18. The van der Waals surface area contributed by atoms with Gasteiger partial charge in [0.15, 0.2) is 0 Å². The molecule has 0 aliphatic heterocycles. The van der Waals surface area contributed by atoms with Crippen molar-refractivity contribution in [3.8, 4) is 11.4 Å². The van der Waals surface area contributed by atoms with Crippen molar-refractivity contribution in [1.82, 2.24) is 10.1 Å². The molecule has 1 fully saturated rings. The topological polar surface area (TPSA) is 64.9 Å². The molecule has 1 aromatic carbocycles. The first-order valence-corrected chi connectivity index (χ1v) is 7.56. The average molecular weight is 275 g/mol. The second-order valence-electron chi connectivity index (χ2n) is 4.89. The van der Waals surface area contributed by atoms with Gasteiger partial charge in [0.25, 0.3) is 0 Å². The summed E-state index contributed by atoms with van der Waals surface area (Å²) in [6, 6.07) is 8.22. The molecule has 1 aromatic heterocycles. The molecule has 1 aliphatic carbocycles. The van der Waals surface area contributed by atoms with Crippen molar-refractivity contribution >= 4 is 11.8 Å². The first-order chi connectivity index (χ1) is 9.21. The minimum absolute atomic E-state index is 0.386. The maximum Gasteiger partial charge on any atom is 0.247 e. The fraction of sp³-hybridized carbons (Fsp3) is 0.429. The maximum atomic E-state index is 6.18. The van der Waals surface area contributed by atoms with Gasteiger partial charge in [0.05, 0.1) is 5.54 Å². The minimum atomic E-state index is -0.386. The van der Waals surface area contributed by atoms with Crippen LogP contribution in [-0.4, -0.2) is 15.9 Å². The van der Waals surface area contributed by atoms with Crippen molar-refractivity contribution in [2.75, 3.05) is 5.75 Å². The number of nitrogens with two attached hydrogens (primary N) is 1. The lowest BCUT2D eigenvalue weighted by atomic mass is 9.78. The average Bonchev–Trinajstić information content (AvgIpc) is 2.87. The van der Waals surface area contributed by atoms with Crippen LogP contribution in [0.2, 0.25) is 0 Å². The number of rotatable bonds is 4. The van der Waals surface area contributed by atoms with Gasteiger partial charge in [-0.15, -0.1) is 11.8 Å². The van der Waals surface area contributed by atoms with E-state index in [0.717, 1.165) is 30.6 Å². The molecular formula is C14H17N3OS. The summed E-state index contributed by atoms with van der Waals surface area (Å²) >= 11 is 1.82. The molecule has 0 radical (unpaired) electrons. The predicted octanol–water partition coefficient (Wildman–Crippen LogP) is 3.19. The van der Waals surface area contributed by atoms with E-state index < -0.39 is 0 Å². The van der Waals surface area contributed by atoms with Crippen molar-refractivity contribution in [3.05, 3.63) is 30.2 Å². The monoisotopic (exact) mass is 275 g/mol. The smallest absolute Gasteiger partial charge is 0.247 e. The van der Waals surface area contributed by atoms with Gasteiger partial charge in [-0.05, 0) is 49.3 Å². The Labute approximate surface area is 116 Å². The van der Waals surface area contributed by atoms with Gasteiger partial charge in [-0.3, -0.25) is 0 Å². The zero-order chi connectivity index (χ0) is 13.3. The maximum absolute atomic E-state index is 6.18. The third-order valence-corrected chi connectivity index (χ3v) is 4.42. The first-order valence-electron chi connectivity index (χ1n) is 6.57. The van der Waals surface area contributed by atoms with Crippen LogP contribution < -0.4 is 5.73 Å². The lowest BCUT2D eigenvalue weighted by Crippen LogP contribution is -2.43.